The summed E-state index contributed by atoms with van der Waals surface area (Å²) < 4.78 is 0. The van der Waals surface area contributed by atoms with Crippen molar-refractivity contribution in [1.82, 2.24) is 0 Å². The molecular weight excluding hydrogens is 474 g/mol. The van der Waals surface area contributed by atoms with E-state index < -0.39 is 0 Å². The van der Waals surface area contributed by atoms with Gasteiger partial charge < -0.3 is 24.8 Å². The van der Waals surface area contributed by atoms with Gasteiger partial charge in [0.05, 0.1) is 0 Å². The normalized spacial score (nSPS) is 11.6. The van der Waals surface area contributed by atoms with Gasteiger partial charge in [0.15, 0.2) is 0 Å². The molecule has 5 rings (SSSR count). The molecule has 0 fully saturated rings. The summed E-state index contributed by atoms with van der Waals surface area (Å²) in [4.78, 5) is 0. The number of benzene rings is 3. The van der Waals surface area contributed by atoms with Crippen LogP contribution in [0.2, 0.25) is 0 Å². The van der Waals surface area contributed by atoms with Crippen LogP contribution in [0.5, 0.6) is 0 Å². The van der Waals surface area contributed by atoms with Crippen LogP contribution in [0, 0.1) is 19.9 Å². The first-order valence-corrected chi connectivity index (χ1v) is 9.10. The Labute approximate surface area is 205 Å². The number of fused-ring (bicyclic) bond motifs is 3. The summed E-state index contributed by atoms with van der Waals surface area (Å²) in [7, 11) is 0. The predicted octanol–water partition coefficient (Wildman–Crippen LogP) is 1.17. The Morgan fingerprint density at radius 1 is 0.759 bits per heavy atom. The van der Waals surface area contributed by atoms with E-state index in [1.54, 1.807) is 0 Å². The topological polar surface area (TPSA) is 0 Å². The Morgan fingerprint density at radius 3 is 1.76 bits per heavy atom. The molecule has 0 saturated heterocycles. The quantitative estimate of drug-likeness (QED) is 0.347. The van der Waals surface area contributed by atoms with E-state index in [1.807, 2.05) is 0 Å². The van der Waals surface area contributed by atoms with Gasteiger partial charge in [-0.2, -0.15) is 17.7 Å². The zero-order chi connectivity index (χ0) is 17.9. The van der Waals surface area contributed by atoms with Crippen molar-refractivity contribution in [2.75, 3.05) is 0 Å². The Bertz CT molecular complexity index is 1070. The van der Waals surface area contributed by atoms with Gasteiger partial charge in [0.1, 0.15) is 0 Å². The number of allylic oxidation sites excluding steroid dienone is 4. The maximum absolute atomic E-state index is 3.33. The van der Waals surface area contributed by atoms with Crippen LogP contribution in [0.25, 0.3) is 27.1 Å². The molecule has 0 unspecified atom stereocenters. The van der Waals surface area contributed by atoms with Crippen molar-refractivity contribution in [3.8, 4) is 0 Å². The Kier molecular flexibility index (Phi) is 10.2. The fourth-order valence-corrected chi connectivity index (χ4v) is 3.64. The minimum Gasteiger partial charge on any atom is -1.00 e. The molecule has 0 N–H and O–H groups in total. The molecule has 0 atom stereocenters. The number of hydrogen-bond acceptors (Lipinski definition) is 0. The van der Waals surface area contributed by atoms with Crippen molar-refractivity contribution in [1.29, 1.82) is 0 Å². The third kappa shape index (κ3) is 5.98. The largest absolute Gasteiger partial charge is 4.00 e. The van der Waals surface area contributed by atoms with Gasteiger partial charge in [-0.25, -0.2) is 0 Å². The van der Waals surface area contributed by atoms with Gasteiger partial charge in [-0.1, -0.05) is 60.0 Å². The van der Waals surface area contributed by atoms with Gasteiger partial charge in [0.2, 0.25) is 0 Å². The second-order valence-electron chi connectivity index (χ2n) is 6.89. The standard InChI is InChI=1S/C13H9.C13H13.2ClH.Zr/c1-3-7-12-10(5-1)9-11-6-2-4-8-13(11)12;1-10-7-11(2)9-13(8-10)12-5-3-4-6-12;;;/h1-9H;3,5,7-9H,4H2,1-2H3;2*1H;/q2*-1;;;+4/p-2. The zero-order valence-electron chi connectivity index (χ0n) is 16.5. The SMILES string of the molecule is Cc1cc(C)cc(C2=[C-]CC=C2)c1.[Cl-].[Cl-].[Zr+4].c1ccc2c(c1)[cH-]c1ccccc12. The predicted molar refractivity (Wildman–Crippen MR) is 113 cm³/mol. The molecule has 3 heteroatoms. The molecule has 0 amide bonds. The fourth-order valence-electron chi connectivity index (χ4n) is 3.64. The van der Waals surface area contributed by atoms with Crippen molar-refractivity contribution in [3.63, 3.8) is 0 Å². The van der Waals surface area contributed by atoms with E-state index in [2.05, 4.69) is 105 Å². The molecule has 0 nitrogen and oxygen atoms in total. The maximum atomic E-state index is 3.33. The molecule has 4 aromatic carbocycles. The van der Waals surface area contributed by atoms with Crippen LogP contribution in [0.1, 0.15) is 23.1 Å². The summed E-state index contributed by atoms with van der Waals surface area (Å²) in [5, 5.41) is 5.39. The molecule has 0 aromatic heterocycles. The molecule has 29 heavy (non-hydrogen) atoms. The van der Waals surface area contributed by atoms with Crippen molar-refractivity contribution >= 4 is 27.1 Å². The third-order valence-electron chi connectivity index (χ3n) is 4.75. The van der Waals surface area contributed by atoms with Crippen molar-refractivity contribution in [2.45, 2.75) is 20.3 Å². The molecule has 0 spiro atoms. The van der Waals surface area contributed by atoms with Gasteiger partial charge in [0.25, 0.3) is 0 Å². The Hall–Kier alpha value is -1.53. The van der Waals surface area contributed by atoms with E-state index in [9.17, 15) is 0 Å². The first-order chi connectivity index (χ1) is 12.7. The van der Waals surface area contributed by atoms with Crippen LogP contribution >= 0.6 is 0 Å². The van der Waals surface area contributed by atoms with Crippen LogP contribution in [-0.2, 0) is 26.2 Å². The van der Waals surface area contributed by atoms with Crippen molar-refractivity contribution in [3.05, 3.63) is 108 Å². The van der Waals surface area contributed by atoms with Gasteiger partial charge in [0, 0.05) is 0 Å². The van der Waals surface area contributed by atoms with Crippen LogP contribution in [0.3, 0.4) is 0 Å². The van der Waals surface area contributed by atoms with E-state index in [-0.39, 0.29) is 51.0 Å². The van der Waals surface area contributed by atoms with Crippen LogP contribution < -0.4 is 24.8 Å². The molecule has 4 aromatic rings. The fraction of sp³-hybridized carbons (Fsp3) is 0.115. The third-order valence-corrected chi connectivity index (χ3v) is 4.75. The molecule has 0 radical (unpaired) electrons. The minimum absolute atomic E-state index is 0. The van der Waals surface area contributed by atoms with Gasteiger partial charge in [-0.3, -0.25) is 0 Å². The Balaban J connectivity index is 0.000000263. The monoisotopic (exact) mass is 494 g/mol. The Morgan fingerprint density at radius 2 is 1.28 bits per heavy atom. The zero-order valence-corrected chi connectivity index (χ0v) is 20.5. The van der Waals surface area contributed by atoms with Crippen LogP contribution in [0.15, 0.2) is 84.9 Å². The average Bonchev–Trinajstić information content (AvgIpc) is 3.29. The van der Waals surface area contributed by atoms with Crippen LogP contribution in [0.4, 0.5) is 0 Å². The van der Waals surface area contributed by atoms with E-state index in [4.69, 9.17) is 0 Å². The van der Waals surface area contributed by atoms with E-state index in [0.717, 1.165) is 6.42 Å². The number of aryl methyl sites for hydroxylation is 2. The number of hydrogen-bond donors (Lipinski definition) is 0. The molecule has 0 aliphatic heterocycles. The molecular formula is C26H22Cl2Zr. The van der Waals surface area contributed by atoms with Crippen molar-refractivity contribution in [2.24, 2.45) is 0 Å². The molecule has 0 heterocycles. The summed E-state index contributed by atoms with van der Waals surface area (Å²) >= 11 is 0. The van der Waals surface area contributed by atoms with Gasteiger partial charge in [-0.05, 0) is 13.8 Å². The summed E-state index contributed by atoms with van der Waals surface area (Å²) in [6, 6.07) is 25.9. The van der Waals surface area contributed by atoms with Crippen molar-refractivity contribution < 1.29 is 51.0 Å². The van der Waals surface area contributed by atoms with E-state index in [1.165, 1.54) is 43.8 Å². The maximum Gasteiger partial charge on any atom is 4.00 e. The van der Waals surface area contributed by atoms with Gasteiger partial charge in [-0.15, -0.1) is 63.5 Å². The minimum atomic E-state index is 0. The second kappa shape index (κ2) is 11.6. The first kappa shape index (κ1) is 25.5. The number of halogens is 2. The van der Waals surface area contributed by atoms with E-state index >= 15 is 0 Å². The van der Waals surface area contributed by atoms with Gasteiger partial charge >= 0.3 is 26.2 Å². The van der Waals surface area contributed by atoms with E-state index in [0.29, 0.717) is 0 Å². The summed E-state index contributed by atoms with van der Waals surface area (Å²) in [6.45, 7) is 4.27. The molecule has 0 bridgehead atoms. The van der Waals surface area contributed by atoms with Crippen LogP contribution in [-0.4, -0.2) is 0 Å². The summed E-state index contributed by atoms with van der Waals surface area (Å²) in [5.74, 6) is 0. The molecule has 144 valence electrons. The average molecular weight is 497 g/mol. The second-order valence-corrected chi connectivity index (χ2v) is 6.89. The molecule has 1 aliphatic carbocycles. The first-order valence-electron chi connectivity index (χ1n) is 9.10. The molecule has 0 saturated carbocycles. The molecule has 1 aliphatic rings. The smallest absolute Gasteiger partial charge is 1.00 e. The summed E-state index contributed by atoms with van der Waals surface area (Å²) in [5.41, 5.74) is 5.19. The summed E-state index contributed by atoms with van der Waals surface area (Å²) in [6.07, 6.45) is 8.59. The number of rotatable bonds is 1.